The quantitative estimate of drug-likeness (QED) is 0.654. The van der Waals surface area contributed by atoms with Crippen molar-refractivity contribution in [2.75, 3.05) is 13.6 Å². The van der Waals surface area contributed by atoms with Gasteiger partial charge in [-0.1, -0.05) is 24.0 Å². The van der Waals surface area contributed by atoms with Gasteiger partial charge in [0.05, 0.1) is 16.0 Å². The first kappa shape index (κ1) is 8.96. The van der Waals surface area contributed by atoms with E-state index in [1.54, 1.807) is 0 Å². The summed E-state index contributed by atoms with van der Waals surface area (Å²) in [5, 5.41) is 8.54. The van der Waals surface area contributed by atoms with Crippen LogP contribution < -0.4 is 0 Å². The van der Waals surface area contributed by atoms with E-state index in [1.165, 1.54) is 11.8 Å². The van der Waals surface area contributed by atoms with E-state index in [4.69, 9.17) is 17.3 Å². The molecule has 1 heterocycles. The minimum Gasteiger partial charge on any atom is -0.481 e. The third-order valence-electron chi connectivity index (χ3n) is 1.49. The lowest BCUT2D eigenvalue weighted by molar-refractivity contribution is -0.137. The van der Waals surface area contributed by atoms with Crippen LogP contribution in [0.2, 0.25) is 0 Å². The lowest BCUT2D eigenvalue weighted by Gasteiger charge is -2.14. The second-order valence-electron chi connectivity index (χ2n) is 2.46. The molecule has 5 heteroatoms. The summed E-state index contributed by atoms with van der Waals surface area (Å²) in [6.07, 6.45) is 0.168. The van der Waals surface area contributed by atoms with E-state index in [1.807, 2.05) is 11.9 Å². The number of carboxylic acids is 1. The molecule has 3 nitrogen and oxygen atoms in total. The highest BCUT2D eigenvalue weighted by molar-refractivity contribution is 8.23. The van der Waals surface area contributed by atoms with Gasteiger partial charge in [0.25, 0.3) is 0 Å². The Labute approximate surface area is 74.8 Å². The van der Waals surface area contributed by atoms with Gasteiger partial charge in [0.15, 0.2) is 0 Å². The number of rotatable bonds is 2. The number of aliphatic carboxylic acids is 1. The highest BCUT2D eigenvalue weighted by Gasteiger charge is 2.27. The topological polar surface area (TPSA) is 40.5 Å². The van der Waals surface area contributed by atoms with E-state index in [-0.39, 0.29) is 11.8 Å². The molecule has 1 atom stereocenters. The van der Waals surface area contributed by atoms with Crippen LogP contribution in [0.1, 0.15) is 6.42 Å². The molecule has 0 spiro atoms. The predicted octanol–water partition coefficient (Wildman–Crippen LogP) is 0.793. The third-order valence-corrected chi connectivity index (χ3v) is 3.10. The number of thioether (sulfide) groups is 1. The maximum atomic E-state index is 10.3. The minimum absolute atomic E-state index is 0.0417. The van der Waals surface area contributed by atoms with E-state index >= 15 is 0 Å². The normalized spacial score (nSPS) is 25.9. The van der Waals surface area contributed by atoms with Crippen LogP contribution in [-0.2, 0) is 4.79 Å². The number of thiocarbonyl (C=S) groups is 1. The lowest BCUT2D eigenvalue weighted by atomic mass is 10.4. The zero-order valence-electron chi connectivity index (χ0n) is 6.11. The molecular formula is C6H9NO2S2. The molecule has 1 aliphatic heterocycles. The van der Waals surface area contributed by atoms with Crippen molar-refractivity contribution in [3.05, 3.63) is 0 Å². The molecule has 0 aliphatic carbocycles. The zero-order valence-corrected chi connectivity index (χ0v) is 7.74. The van der Waals surface area contributed by atoms with Crippen LogP contribution in [0, 0.1) is 0 Å². The molecular weight excluding hydrogens is 182 g/mol. The van der Waals surface area contributed by atoms with Crippen LogP contribution in [0.4, 0.5) is 0 Å². The molecule has 1 fully saturated rings. The second kappa shape index (κ2) is 3.51. The molecule has 1 N–H and O–H groups in total. The molecule has 0 aromatic carbocycles. The largest absolute Gasteiger partial charge is 0.481 e. The zero-order chi connectivity index (χ0) is 8.43. The van der Waals surface area contributed by atoms with Gasteiger partial charge in [0.2, 0.25) is 0 Å². The second-order valence-corrected chi connectivity index (χ2v) is 4.48. The molecule has 1 rings (SSSR count). The van der Waals surface area contributed by atoms with Crippen LogP contribution in [0.25, 0.3) is 0 Å². The van der Waals surface area contributed by atoms with Crippen LogP contribution in [0.3, 0.4) is 0 Å². The summed E-state index contributed by atoms with van der Waals surface area (Å²) in [4.78, 5) is 12.3. The first-order valence-corrected chi connectivity index (χ1v) is 4.50. The van der Waals surface area contributed by atoms with Gasteiger partial charge in [0, 0.05) is 6.54 Å². The minimum atomic E-state index is -0.765. The SMILES string of the molecule is CN1CC(=S)SC1CC(=O)O. The van der Waals surface area contributed by atoms with Gasteiger partial charge < -0.3 is 5.11 Å². The number of nitrogens with zero attached hydrogens (tertiary/aromatic N) is 1. The first-order chi connectivity index (χ1) is 5.09. The molecule has 0 saturated carbocycles. The summed E-state index contributed by atoms with van der Waals surface area (Å²) in [6.45, 7) is 0.734. The fraction of sp³-hybridized carbons (Fsp3) is 0.667. The van der Waals surface area contributed by atoms with E-state index in [9.17, 15) is 4.79 Å². The van der Waals surface area contributed by atoms with Gasteiger partial charge in [0.1, 0.15) is 0 Å². The molecule has 0 amide bonds. The molecule has 62 valence electrons. The van der Waals surface area contributed by atoms with Crippen molar-refractivity contribution in [2.24, 2.45) is 0 Å². The van der Waals surface area contributed by atoms with E-state index in [2.05, 4.69) is 0 Å². The van der Waals surface area contributed by atoms with Gasteiger partial charge in [-0.2, -0.15) is 0 Å². The van der Waals surface area contributed by atoms with Gasteiger partial charge >= 0.3 is 5.97 Å². The van der Waals surface area contributed by atoms with Crippen molar-refractivity contribution in [3.63, 3.8) is 0 Å². The Balaban J connectivity index is 2.46. The maximum Gasteiger partial charge on any atom is 0.305 e. The fourth-order valence-corrected chi connectivity index (χ4v) is 2.53. The maximum absolute atomic E-state index is 10.3. The average molecular weight is 191 g/mol. The molecule has 1 aliphatic rings. The van der Waals surface area contributed by atoms with Crippen LogP contribution in [-0.4, -0.2) is 39.1 Å². The van der Waals surface area contributed by atoms with Gasteiger partial charge in [-0.25, -0.2) is 0 Å². The predicted molar refractivity (Wildman–Crippen MR) is 48.9 cm³/mol. The summed E-state index contributed by atoms with van der Waals surface area (Å²) in [5.74, 6) is -0.765. The van der Waals surface area contributed by atoms with Crippen molar-refractivity contribution in [3.8, 4) is 0 Å². The molecule has 0 aromatic rings. The molecule has 0 radical (unpaired) electrons. The van der Waals surface area contributed by atoms with Crippen molar-refractivity contribution in [1.82, 2.24) is 4.90 Å². The smallest absolute Gasteiger partial charge is 0.305 e. The number of carbonyl (C=O) groups is 1. The van der Waals surface area contributed by atoms with Gasteiger partial charge in [-0.05, 0) is 7.05 Å². The summed E-state index contributed by atoms with van der Waals surface area (Å²) in [6, 6.07) is 0. The van der Waals surface area contributed by atoms with E-state index < -0.39 is 5.97 Å². The molecule has 1 saturated heterocycles. The third kappa shape index (κ3) is 2.43. The Bertz CT molecular complexity index is 195. The van der Waals surface area contributed by atoms with Gasteiger partial charge in [-0.15, -0.1) is 0 Å². The van der Waals surface area contributed by atoms with Crippen molar-refractivity contribution in [2.45, 2.75) is 11.8 Å². The van der Waals surface area contributed by atoms with E-state index in [0.29, 0.717) is 0 Å². The van der Waals surface area contributed by atoms with Crippen LogP contribution in [0.15, 0.2) is 0 Å². The molecule has 0 bridgehead atoms. The number of hydrogen-bond donors (Lipinski definition) is 1. The van der Waals surface area contributed by atoms with Crippen molar-refractivity contribution < 1.29 is 9.90 Å². The standard InChI is InChI=1S/C6H9NO2S2/c1-7-3-6(10)11-4(7)2-5(8)9/h4H,2-3H2,1H3,(H,8,9). The number of hydrogen-bond acceptors (Lipinski definition) is 4. The Kier molecular flexibility index (Phi) is 2.86. The fourth-order valence-electron chi connectivity index (χ4n) is 0.931. The average Bonchev–Trinajstić information content (AvgIpc) is 2.09. The van der Waals surface area contributed by atoms with Crippen LogP contribution >= 0.6 is 24.0 Å². The Morgan fingerprint density at radius 1 is 2.00 bits per heavy atom. The highest BCUT2D eigenvalue weighted by Crippen LogP contribution is 2.26. The Morgan fingerprint density at radius 2 is 2.64 bits per heavy atom. The van der Waals surface area contributed by atoms with Crippen LogP contribution in [0.5, 0.6) is 0 Å². The lowest BCUT2D eigenvalue weighted by Crippen LogP contribution is -2.25. The summed E-state index contributed by atoms with van der Waals surface area (Å²) >= 11 is 6.43. The van der Waals surface area contributed by atoms with Crippen molar-refractivity contribution >= 4 is 34.1 Å². The summed E-state index contributed by atoms with van der Waals surface area (Å²) in [7, 11) is 1.89. The Hall–Kier alpha value is -0.130. The van der Waals surface area contributed by atoms with E-state index in [0.717, 1.165) is 10.7 Å². The number of carboxylic acid groups (broad SMARTS) is 1. The molecule has 0 aromatic heterocycles. The monoisotopic (exact) mass is 191 g/mol. The van der Waals surface area contributed by atoms with Crippen molar-refractivity contribution in [1.29, 1.82) is 0 Å². The molecule has 11 heavy (non-hydrogen) atoms. The summed E-state index contributed by atoms with van der Waals surface area (Å²) < 4.78 is 0.888. The summed E-state index contributed by atoms with van der Waals surface area (Å²) in [5.41, 5.74) is 0. The Morgan fingerprint density at radius 3 is 3.00 bits per heavy atom. The highest BCUT2D eigenvalue weighted by atomic mass is 32.2. The first-order valence-electron chi connectivity index (χ1n) is 3.21. The molecule has 1 unspecified atom stereocenters. The van der Waals surface area contributed by atoms with Gasteiger partial charge in [-0.3, -0.25) is 9.69 Å².